The Morgan fingerprint density at radius 2 is 1.72 bits per heavy atom. The first-order valence-corrected chi connectivity index (χ1v) is 8.65. The molecule has 2 aromatic carbocycles. The molecular formula is C20H27N2O3+. The molecule has 2 aromatic rings. The molecule has 0 saturated heterocycles. The zero-order valence-corrected chi connectivity index (χ0v) is 15.2. The third-order valence-electron chi connectivity index (χ3n) is 4.00. The minimum Gasteiger partial charge on any atom is -0.495 e. The number of quaternary nitrogens is 1. The van der Waals surface area contributed by atoms with E-state index in [1.807, 2.05) is 49.4 Å². The number of benzene rings is 2. The van der Waals surface area contributed by atoms with Gasteiger partial charge in [-0.2, -0.15) is 0 Å². The summed E-state index contributed by atoms with van der Waals surface area (Å²) in [6.07, 6.45) is 0. The van der Waals surface area contributed by atoms with Gasteiger partial charge in [0.1, 0.15) is 18.0 Å². The van der Waals surface area contributed by atoms with E-state index in [4.69, 9.17) is 9.47 Å². The highest BCUT2D eigenvalue weighted by Gasteiger charge is 2.16. The summed E-state index contributed by atoms with van der Waals surface area (Å²) >= 11 is 0. The predicted octanol–water partition coefficient (Wildman–Crippen LogP) is 2.14. The topological polar surface area (TPSA) is 52.0 Å². The van der Waals surface area contributed by atoms with Gasteiger partial charge in [0.2, 0.25) is 0 Å². The van der Waals surface area contributed by atoms with Gasteiger partial charge in [0.15, 0.2) is 6.54 Å². The highest BCUT2D eigenvalue weighted by Crippen LogP contribution is 2.22. The van der Waals surface area contributed by atoms with Crippen molar-refractivity contribution in [1.29, 1.82) is 0 Å². The molecule has 0 bridgehead atoms. The Labute approximate surface area is 149 Å². The molecule has 134 valence electrons. The summed E-state index contributed by atoms with van der Waals surface area (Å²) in [5.41, 5.74) is 1.81. The molecule has 0 heterocycles. The van der Waals surface area contributed by atoms with Crippen LogP contribution in [0.25, 0.3) is 0 Å². The molecule has 1 atom stereocenters. The van der Waals surface area contributed by atoms with Crippen LogP contribution in [0.2, 0.25) is 0 Å². The molecule has 0 radical (unpaired) electrons. The number of nitrogens with one attached hydrogen (secondary N) is 2. The van der Waals surface area contributed by atoms with E-state index in [2.05, 4.69) is 18.3 Å². The summed E-state index contributed by atoms with van der Waals surface area (Å²) in [6.45, 7) is 6.66. The molecule has 1 amide bonds. The number of para-hydroxylation sites is 3. The zero-order chi connectivity index (χ0) is 18.1. The van der Waals surface area contributed by atoms with Crippen molar-refractivity contribution in [2.45, 2.75) is 20.4 Å². The molecule has 0 spiro atoms. The first-order chi connectivity index (χ1) is 12.2. The van der Waals surface area contributed by atoms with E-state index < -0.39 is 0 Å². The average Bonchev–Trinajstić information content (AvgIpc) is 2.63. The van der Waals surface area contributed by atoms with Crippen LogP contribution in [-0.4, -0.2) is 32.7 Å². The zero-order valence-electron chi connectivity index (χ0n) is 15.2. The number of carbonyl (C=O) groups excluding carboxylic acids is 1. The Bertz CT molecular complexity index is 688. The van der Waals surface area contributed by atoms with E-state index in [0.29, 0.717) is 24.6 Å². The van der Waals surface area contributed by atoms with Crippen molar-refractivity contribution in [1.82, 2.24) is 0 Å². The second-order valence-electron chi connectivity index (χ2n) is 5.75. The lowest BCUT2D eigenvalue weighted by Gasteiger charge is -2.19. The molecule has 0 aliphatic rings. The lowest BCUT2D eigenvalue weighted by Crippen LogP contribution is -3.11. The van der Waals surface area contributed by atoms with E-state index in [9.17, 15) is 4.79 Å². The van der Waals surface area contributed by atoms with E-state index in [1.54, 1.807) is 7.11 Å². The molecular weight excluding hydrogens is 316 g/mol. The molecule has 0 saturated carbocycles. The van der Waals surface area contributed by atoms with Gasteiger partial charge in [-0.1, -0.05) is 24.3 Å². The molecule has 25 heavy (non-hydrogen) atoms. The fraction of sp³-hybridized carbons (Fsp3) is 0.350. The number of anilines is 1. The standard InChI is InChI=1S/C20H26N2O3/c1-4-22(14-16-10-6-8-12-18(16)25-5-2)15-20(23)21-17-11-7-9-13-19(17)24-3/h6-13H,4-5,14-15H2,1-3H3,(H,21,23)/p+1. The Kier molecular flexibility index (Phi) is 7.29. The number of methoxy groups -OCH3 is 1. The van der Waals surface area contributed by atoms with Crippen molar-refractivity contribution in [2.75, 3.05) is 32.1 Å². The summed E-state index contributed by atoms with van der Waals surface area (Å²) in [5.74, 6) is 1.52. The van der Waals surface area contributed by atoms with Gasteiger partial charge in [-0.3, -0.25) is 4.79 Å². The van der Waals surface area contributed by atoms with E-state index in [1.165, 1.54) is 4.90 Å². The Morgan fingerprint density at radius 1 is 1.04 bits per heavy atom. The van der Waals surface area contributed by atoms with Crippen LogP contribution in [0.3, 0.4) is 0 Å². The highest BCUT2D eigenvalue weighted by molar-refractivity contribution is 5.92. The van der Waals surface area contributed by atoms with Crippen molar-refractivity contribution in [3.05, 3.63) is 54.1 Å². The van der Waals surface area contributed by atoms with E-state index >= 15 is 0 Å². The quantitative estimate of drug-likeness (QED) is 0.733. The van der Waals surface area contributed by atoms with Crippen LogP contribution in [-0.2, 0) is 11.3 Å². The summed E-state index contributed by atoms with van der Waals surface area (Å²) < 4.78 is 11.0. The number of hydrogen-bond donors (Lipinski definition) is 2. The van der Waals surface area contributed by atoms with Crippen molar-refractivity contribution in [2.24, 2.45) is 0 Å². The number of likely N-dealkylation sites (N-methyl/N-ethyl adjacent to an activating group) is 1. The van der Waals surface area contributed by atoms with Gasteiger partial charge in [0, 0.05) is 5.56 Å². The van der Waals surface area contributed by atoms with Gasteiger partial charge in [-0.15, -0.1) is 0 Å². The predicted molar refractivity (Wildman–Crippen MR) is 99.3 cm³/mol. The molecule has 0 fully saturated rings. The highest BCUT2D eigenvalue weighted by atomic mass is 16.5. The van der Waals surface area contributed by atoms with Crippen LogP contribution in [0.15, 0.2) is 48.5 Å². The van der Waals surface area contributed by atoms with E-state index in [-0.39, 0.29) is 5.91 Å². The van der Waals surface area contributed by atoms with Crippen LogP contribution >= 0.6 is 0 Å². The number of rotatable bonds is 9. The minimum absolute atomic E-state index is 0.0322. The maximum Gasteiger partial charge on any atom is 0.279 e. The molecule has 0 aromatic heterocycles. The lowest BCUT2D eigenvalue weighted by molar-refractivity contribution is -0.903. The van der Waals surface area contributed by atoms with E-state index in [0.717, 1.165) is 24.4 Å². The number of hydrogen-bond acceptors (Lipinski definition) is 3. The van der Waals surface area contributed by atoms with Crippen LogP contribution < -0.4 is 19.7 Å². The van der Waals surface area contributed by atoms with Gasteiger partial charge in [0.05, 0.1) is 25.9 Å². The van der Waals surface area contributed by atoms with Gasteiger partial charge in [-0.25, -0.2) is 0 Å². The normalized spacial score (nSPS) is 11.6. The third-order valence-corrected chi connectivity index (χ3v) is 4.00. The van der Waals surface area contributed by atoms with Crippen molar-refractivity contribution < 1.29 is 19.2 Å². The van der Waals surface area contributed by atoms with Gasteiger partial charge in [-0.05, 0) is 38.1 Å². The van der Waals surface area contributed by atoms with Crippen LogP contribution in [0.1, 0.15) is 19.4 Å². The van der Waals surface area contributed by atoms with Crippen molar-refractivity contribution >= 4 is 11.6 Å². The largest absolute Gasteiger partial charge is 0.495 e. The van der Waals surface area contributed by atoms with Gasteiger partial charge >= 0.3 is 0 Å². The Morgan fingerprint density at radius 3 is 2.40 bits per heavy atom. The maximum atomic E-state index is 12.4. The van der Waals surface area contributed by atoms with Crippen molar-refractivity contribution in [3.8, 4) is 11.5 Å². The average molecular weight is 343 g/mol. The summed E-state index contributed by atoms with van der Waals surface area (Å²) in [7, 11) is 1.60. The molecule has 1 unspecified atom stereocenters. The minimum atomic E-state index is -0.0322. The van der Waals surface area contributed by atoms with Gasteiger partial charge in [0.25, 0.3) is 5.91 Å². The number of ether oxygens (including phenoxy) is 2. The van der Waals surface area contributed by atoms with Gasteiger partial charge < -0.3 is 19.7 Å². The SMILES string of the molecule is CCOc1ccccc1C[NH+](CC)CC(=O)Nc1ccccc1OC. The second-order valence-corrected chi connectivity index (χ2v) is 5.75. The summed E-state index contributed by atoms with van der Waals surface area (Å²) in [6, 6.07) is 15.4. The van der Waals surface area contributed by atoms with Crippen LogP contribution in [0.4, 0.5) is 5.69 Å². The third kappa shape index (κ3) is 5.50. The monoisotopic (exact) mass is 343 g/mol. The molecule has 5 nitrogen and oxygen atoms in total. The second kappa shape index (κ2) is 9.69. The Balaban J connectivity index is 2.01. The molecule has 0 aliphatic carbocycles. The first-order valence-electron chi connectivity index (χ1n) is 8.65. The molecule has 0 aliphatic heterocycles. The summed E-state index contributed by atoms with van der Waals surface area (Å²) in [5, 5.41) is 2.94. The maximum absolute atomic E-state index is 12.4. The fourth-order valence-electron chi connectivity index (χ4n) is 2.70. The number of carbonyl (C=O) groups is 1. The number of amides is 1. The molecule has 2 N–H and O–H groups in total. The van der Waals surface area contributed by atoms with Crippen LogP contribution in [0, 0.1) is 0 Å². The fourth-order valence-corrected chi connectivity index (χ4v) is 2.70. The first kappa shape index (κ1) is 18.8. The smallest absolute Gasteiger partial charge is 0.279 e. The van der Waals surface area contributed by atoms with Crippen molar-refractivity contribution in [3.63, 3.8) is 0 Å². The molecule has 2 rings (SSSR count). The molecule has 5 heteroatoms. The summed E-state index contributed by atoms with van der Waals surface area (Å²) in [4.78, 5) is 13.6. The van der Waals surface area contributed by atoms with Crippen LogP contribution in [0.5, 0.6) is 11.5 Å². The lowest BCUT2D eigenvalue weighted by atomic mass is 10.2. The Hall–Kier alpha value is -2.53.